The van der Waals surface area contributed by atoms with Crippen molar-refractivity contribution in [2.24, 2.45) is 0 Å². The number of benzene rings is 3. The summed E-state index contributed by atoms with van der Waals surface area (Å²) in [7, 11) is -4.06. The van der Waals surface area contributed by atoms with Crippen LogP contribution in [0.15, 0.2) is 90.0 Å². The van der Waals surface area contributed by atoms with Gasteiger partial charge in [0.05, 0.1) is 21.8 Å². The van der Waals surface area contributed by atoms with Crippen molar-refractivity contribution >= 4 is 21.1 Å². The summed E-state index contributed by atoms with van der Waals surface area (Å²) in [5.41, 5.74) is 3.86. The maximum atomic E-state index is 14.2. The molecule has 218 valence electrons. The van der Waals surface area contributed by atoms with E-state index in [4.69, 9.17) is 4.74 Å². The number of nitriles is 1. The van der Waals surface area contributed by atoms with Crippen LogP contribution in [0.3, 0.4) is 0 Å². The maximum absolute atomic E-state index is 14.2. The van der Waals surface area contributed by atoms with Crippen molar-refractivity contribution in [1.82, 2.24) is 14.3 Å². The van der Waals surface area contributed by atoms with Crippen LogP contribution in [0.2, 0.25) is 0 Å². The topological polar surface area (TPSA) is 117 Å². The summed E-state index contributed by atoms with van der Waals surface area (Å²) in [6.45, 7) is 6.92. The van der Waals surface area contributed by atoms with Crippen LogP contribution in [0, 0.1) is 18.3 Å². The molecule has 43 heavy (non-hydrogen) atoms. The van der Waals surface area contributed by atoms with Crippen LogP contribution in [0.5, 0.6) is 5.75 Å². The molecule has 5 aromatic rings. The van der Waals surface area contributed by atoms with Gasteiger partial charge in [-0.1, -0.05) is 48.0 Å². The third-order valence-corrected chi connectivity index (χ3v) is 9.55. The first-order valence-corrected chi connectivity index (χ1v) is 15.6. The van der Waals surface area contributed by atoms with Gasteiger partial charge in [0.1, 0.15) is 17.9 Å². The van der Waals surface area contributed by atoms with Crippen LogP contribution in [0.25, 0.3) is 33.4 Å². The van der Waals surface area contributed by atoms with Crippen molar-refractivity contribution in [3.63, 3.8) is 0 Å². The Morgan fingerprint density at radius 2 is 1.74 bits per heavy atom. The average Bonchev–Trinajstić information content (AvgIpc) is 3.65. The minimum Gasteiger partial charge on any atom is -0.488 e. The molecule has 1 aliphatic rings. The Kier molecular flexibility index (Phi) is 7.30. The molecule has 0 amide bonds. The number of nitrogens with one attached hydrogen (secondary N) is 1. The Labute approximate surface area is 251 Å². The summed E-state index contributed by atoms with van der Waals surface area (Å²) in [5, 5.41) is 24.3. The third kappa shape index (κ3) is 5.41. The monoisotopic (exact) mass is 592 g/mol. The molecule has 1 saturated heterocycles. The summed E-state index contributed by atoms with van der Waals surface area (Å²) < 4.78 is 35.8. The Morgan fingerprint density at radius 1 is 1.02 bits per heavy atom. The molecule has 8 nitrogen and oxygen atoms in total. The molecule has 0 unspecified atom stereocenters. The van der Waals surface area contributed by atoms with Crippen molar-refractivity contribution in [2.75, 3.05) is 13.1 Å². The normalized spacial score (nSPS) is 15.5. The number of aryl methyl sites for hydroxylation is 1. The molecule has 0 spiro atoms. The first-order chi connectivity index (χ1) is 20.6. The van der Waals surface area contributed by atoms with Crippen LogP contribution in [-0.2, 0) is 15.6 Å². The van der Waals surface area contributed by atoms with E-state index in [0.717, 1.165) is 36.2 Å². The minimum atomic E-state index is -4.06. The van der Waals surface area contributed by atoms with Gasteiger partial charge in [0.25, 0.3) is 10.0 Å². The van der Waals surface area contributed by atoms with Crippen molar-refractivity contribution in [3.8, 4) is 34.2 Å². The number of ether oxygens (including phenoxy) is 1. The first-order valence-electron chi connectivity index (χ1n) is 14.1. The number of aliphatic hydroxyl groups is 1. The second kappa shape index (κ2) is 11.0. The van der Waals surface area contributed by atoms with Gasteiger partial charge in [-0.05, 0) is 92.4 Å². The standard InChI is InChI=1S/C34H32N4O4S/c1-22-4-11-28(12-5-22)43(40,41)38-31(23-6-9-26(10-7-23)34(2,3)39)19-30-29(15-17-37-33(30)38)24-8-13-32(25(18-24)20-35)42-27-14-16-36-21-27/h4-13,15,17-19,27,36,39H,14,16,21H2,1-3H3/t27-/m1/s1. The number of hydrogen-bond acceptors (Lipinski definition) is 7. The fraction of sp³-hybridized carbons (Fsp3) is 0.235. The molecule has 1 atom stereocenters. The zero-order valence-electron chi connectivity index (χ0n) is 24.2. The lowest BCUT2D eigenvalue weighted by molar-refractivity contribution is 0.0786. The number of rotatable bonds is 7. The average molecular weight is 593 g/mol. The van der Waals surface area contributed by atoms with Crippen molar-refractivity contribution < 1.29 is 18.3 Å². The molecule has 3 heterocycles. The second-order valence-corrected chi connectivity index (χ2v) is 13.2. The smallest absolute Gasteiger partial charge is 0.269 e. The summed E-state index contributed by atoms with van der Waals surface area (Å²) in [4.78, 5) is 4.70. The minimum absolute atomic E-state index is 0.0111. The quantitative estimate of drug-likeness (QED) is 0.247. The molecule has 3 aromatic carbocycles. The van der Waals surface area contributed by atoms with Crippen molar-refractivity contribution in [3.05, 3.63) is 102 Å². The highest BCUT2D eigenvalue weighted by molar-refractivity contribution is 7.90. The van der Waals surface area contributed by atoms with Gasteiger partial charge < -0.3 is 15.2 Å². The van der Waals surface area contributed by atoms with Gasteiger partial charge in [-0.25, -0.2) is 17.4 Å². The fourth-order valence-electron chi connectivity index (χ4n) is 5.43. The molecule has 0 aliphatic carbocycles. The van der Waals surface area contributed by atoms with E-state index in [1.54, 1.807) is 80.7 Å². The summed E-state index contributed by atoms with van der Waals surface area (Å²) in [5.74, 6) is 0.525. The zero-order chi connectivity index (χ0) is 30.4. The Hall–Kier alpha value is -4.49. The van der Waals surface area contributed by atoms with E-state index in [2.05, 4.69) is 16.4 Å². The first kappa shape index (κ1) is 28.6. The second-order valence-electron chi connectivity index (χ2n) is 11.4. The Morgan fingerprint density at radius 3 is 2.40 bits per heavy atom. The lowest BCUT2D eigenvalue weighted by Gasteiger charge is -2.18. The predicted molar refractivity (Wildman–Crippen MR) is 166 cm³/mol. The van der Waals surface area contributed by atoms with E-state index in [-0.39, 0.29) is 16.6 Å². The summed E-state index contributed by atoms with van der Waals surface area (Å²) >= 11 is 0. The van der Waals surface area contributed by atoms with Gasteiger partial charge in [-0.3, -0.25) is 0 Å². The molecule has 6 rings (SSSR count). The van der Waals surface area contributed by atoms with Crippen LogP contribution in [-0.4, -0.2) is 41.7 Å². The molecule has 0 saturated carbocycles. The van der Waals surface area contributed by atoms with Crippen LogP contribution in [0.4, 0.5) is 0 Å². The van der Waals surface area contributed by atoms with Gasteiger partial charge in [-0.15, -0.1) is 0 Å². The van der Waals surface area contributed by atoms with Crippen molar-refractivity contribution in [2.45, 2.75) is 43.8 Å². The number of pyridine rings is 1. The highest BCUT2D eigenvalue weighted by Gasteiger charge is 2.27. The predicted octanol–water partition coefficient (Wildman–Crippen LogP) is 5.76. The maximum Gasteiger partial charge on any atom is 0.269 e. The molecule has 0 bridgehead atoms. The third-order valence-electron chi connectivity index (χ3n) is 7.83. The van der Waals surface area contributed by atoms with Gasteiger partial charge in [-0.2, -0.15) is 5.26 Å². The number of fused-ring (bicyclic) bond motifs is 1. The molecule has 9 heteroatoms. The van der Waals surface area contributed by atoms with E-state index in [1.165, 1.54) is 3.97 Å². The molecule has 2 N–H and O–H groups in total. The van der Waals surface area contributed by atoms with Gasteiger partial charge in [0.2, 0.25) is 0 Å². The lowest BCUT2D eigenvalue weighted by atomic mass is 9.96. The Bertz CT molecular complexity index is 1960. The van der Waals surface area contributed by atoms with Crippen molar-refractivity contribution in [1.29, 1.82) is 5.26 Å². The molecular weight excluding hydrogens is 560 g/mol. The fourth-order valence-corrected chi connectivity index (χ4v) is 6.91. The summed E-state index contributed by atoms with van der Waals surface area (Å²) in [6, 6.07) is 25.3. The lowest BCUT2D eigenvalue weighted by Crippen LogP contribution is -2.20. The number of nitrogens with zero attached hydrogens (tertiary/aromatic N) is 3. The van der Waals surface area contributed by atoms with E-state index < -0.39 is 15.6 Å². The zero-order valence-corrected chi connectivity index (χ0v) is 25.0. The Balaban J connectivity index is 1.54. The molecule has 0 radical (unpaired) electrons. The van der Waals surface area contributed by atoms with Gasteiger partial charge >= 0.3 is 0 Å². The number of aromatic nitrogens is 2. The SMILES string of the molecule is Cc1ccc(S(=O)(=O)n2c(-c3ccc(C(C)(C)O)cc3)cc3c(-c4ccc(O[C@@H]5CCNC5)c(C#N)c4)ccnc32)cc1. The van der Waals surface area contributed by atoms with E-state index in [0.29, 0.717) is 33.5 Å². The molecular formula is C34H32N4O4S. The number of hydrogen-bond donors (Lipinski definition) is 2. The van der Waals surface area contributed by atoms with E-state index in [1.807, 2.05) is 25.1 Å². The van der Waals surface area contributed by atoms with Gasteiger partial charge in [0.15, 0.2) is 5.65 Å². The molecule has 1 fully saturated rings. The highest BCUT2D eigenvalue weighted by Crippen LogP contribution is 2.38. The highest BCUT2D eigenvalue weighted by atomic mass is 32.2. The molecule has 1 aliphatic heterocycles. The van der Waals surface area contributed by atoms with E-state index in [9.17, 15) is 18.8 Å². The molecule has 2 aromatic heterocycles. The largest absolute Gasteiger partial charge is 0.488 e. The van der Waals surface area contributed by atoms with Crippen LogP contribution in [0.1, 0.15) is 37.0 Å². The summed E-state index contributed by atoms with van der Waals surface area (Å²) in [6.07, 6.45) is 2.47. The van der Waals surface area contributed by atoms with Gasteiger partial charge in [0, 0.05) is 18.1 Å². The van der Waals surface area contributed by atoms with E-state index >= 15 is 0 Å². The van der Waals surface area contributed by atoms with Crippen LogP contribution >= 0.6 is 0 Å². The van der Waals surface area contributed by atoms with Crippen LogP contribution < -0.4 is 10.1 Å².